The average molecular weight is 252 g/mol. The first-order chi connectivity index (χ1) is 8.72. The predicted octanol–water partition coefficient (Wildman–Crippen LogP) is 3.86. The summed E-state index contributed by atoms with van der Waals surface area (Å²) in [7, 11) is 0. The third-order valence-corrected chi connectivity index (χ3v) is 3.45. The Morgan fingerprint density at radius 2 is 1.89 bits per heavy atom. The lowest BCUT2D eigenvalue weighted by molar-refractivity contribution is 0.152. The lowest BCUT2D eigenvalue weighted by Gasteiger charge is -2.12. The Kier molecular flexibility index (Phi) is 7.02. The maximum absolute atomic E-state index is 10.2. The zero-order valence-electron chi connectivity index (χ0n) is 12.2. The van der Waals surface area contributed by atoms with Crippen molar-refractivity contribution >= 4 is 0 Å². The van der Waals surface area contributed by atoms with E-state index in [1.54, 1.807) is 0 Å². The molecular formula is C15H28N2O. The van der Waals surface area contributed by atoms with Crippen molar-refractivity contribution in [2.24, 2.45) is 0 Å². The first-order valence-electron chi connectivity index (χ1n) is 7.47. The topological polar surface area (TPSA) is 38.1 Å². The maximum atomic E-state index is 10.2. The van der Waals surface area contributed by atoms with Crippen LogP contribution in [0.4, 0.5) is 0 Å². The number of unbranched alkanes of at least 4 members (excludes halogenated alkanes) is 4. The number of nitrogens with zero attached hydrogens (tertiary/aromatic N) is 2. The maximum Gasteiger partial charge on any atom is 0.0956 e. The Morgan fingerprint density at radius 1 is 1.17 bits per heavy atom. The highest BCUT2D eigenvalue weighted by atomic mass is 16.3. The smallest absolute Gasteiger partial charge is 0.0956 e. The minimum Gasteiger partial charge on any atom is -0.387 e. The van der Waals surface area contributed by atoms with Crippen LogP contribution in [0.2, 0.25) is 0 Å². The van der Waals surface area contributed by atoms with Gasteiger partial charge >= 0.3 is 0 Å². The Labute approximate surface area is 111 Å². The summed E-state index contributed by atoms with van der Waals surface area (Å²) >= 11 is 0. The second-order valence-corrected chi connectivity index (χ2v) is 4.95. The summed E-state index contributed by atoms with van der Waals surface area (Å²) in [5.41, 5.74) is 2.07. The summed E-state index contributed by atoms with van der Waals surface area (Å²) in [6, 6.07) is 2.06. The molecule has 1 rings (SSSR count). The van der Waals surface area contributed by atoms with Gasteiger partial charge in [0.2, 0.25) is 0 Å². The minimum absolute atomic E-state index is 0.348. The molecule has 0 bridgehead atoms. The van der Waals surface area contributed by atoms with E-state index in [4.69, 9.17) is 0 Å². The molecule has 0 aliphatic carbocycles. The average Bonchev–Trinajstić information content (AvgIpc) is 2.81. The molecule has 1 unspecified atom stereocenters. The van der Waals surface area contributed by atoms with Gasteiger partial charge in [0, 0.05) is 6.54 Å². The fourth-order valence-corrected chi connectivity index (χ4v) is 2.27. The zero-order chi connectivity index (χ0) is 13.4. The molecule has 0 saturated carbocycles. The molecule has 1 aromatic rings. The molecule has 0 spiro atoms. The van der Waals surface area contributed by atoms with E-state index in [1.165, 1.54) is 25.7 Å². The van der Waals surface area contributed by atoms with E-state index < -0.39 is 0 Å². The van der Waals surface area contributed by atoms with Gasteiger partial charge in [-0.3, -0.25) is 4.68 Å². The van der Waals surface area contributed by atoms with Crippen molar-refractivity contribution in [3.63, 3.8) is 0 Å². The van der Waals surface area contributed by atoms with Gasteiger partial charge in [-0.1, -0.05) is 46.0 Å². The van der Waals surface area contributed by atoms with E-state index in [9.17, 15) is 5.11 Å². The van der Waals surface area contributed by atoms with E-state index in [0.717, 1.165) is 37.2 Å². The summed E-state index contributed by atoms with van der Waals surface area (Å²) in [6.45, 7) is 7.23. The second kappa shape index (κ2) is 8.30. The lowest BCUT2D eigenvalue weighted by atomic mass is 10.1. The summed E-state index contributed by atoms with van der Waals surface area (Å²) in [4.78, 5) is 0. The van der Waals surface area contributed by atoms with E-state index in [0.29, 0.717) is 0 Å². The fraction of sp³-hybridized carbons (Fsp3) is 0.800. The van der Waals surface area contributed by atoms with Gasteiger partial charge in [0.25, 0.3) is 0 Å². The minimum atomic E-state index is -0.348. The summed E-state index contributed by atoms with van der Waals surface area (Å²) < 4.78 is 1.94. The van der Waals surface area contributed by atoms with Crippen molar-refractivity contribution in [3.05, 3.63) is 17.5 Å². The zero-order valence-corrected chi connectivity index (χ0v) is 12.2. The van der Waals surface area contributed by atoms with Crippen LogP contribution in [0.1, 0.15) is 76.8 Å². The van der Waals surface area contributed by atoms with Crippen molar-refractivity contribution < 1.29 is 5.11 Å². The van der Waals surface area contributed by atoms with Crippen LogP contribution in [0.3, 0.4) is 0 Å². The van der Waals surface area contributed by atoms with Gasteiger partial charge in [0.05, 0.1) is 17.5 Å². The number of aromatic nitrogens is 2. The van der Waals surface area contributed by atoms with Crippen LogP contribution in [-0.4, -0.2) is 14.9 Å². The molecule has 1 heterocycles. The second-order valence-electron chi connectivity index (χ2n) is 4.95. The molecule has 0 aliphatic heterocycles. The fourth-order valence-electron chi connectivity index (χ4n) is 2.27. The van der Waals surface area contributed by atoms with Crippen molar-refractivity contribution in [1.82, 2.24) is 9.78 Å². The van der Waals surface area contributed by atoms with Crippen molar-refractivity contribution in [3.8, 4) is 0 Å². The SMILES string of the molecule is CCCCCCCC(O)c1cc(CC)nn1CC. The molecule has 104 valence electrons. The van der Waals surface area contributed by atoms with E-state index in [2.05, 4.69) is 31.9 Å². The molecule has 3 nitrogen and oxygen atoms in total. The quantitative estimate of drug-likeness (QED) is 0.678. The largest absolute Gasteiger partial charge is 0.387 e. The lowest BCUT2D eigenvalue weighted by Crippen LogP contribution is -2.08. The van der Waals surface area contributed by atoms with Gasteiger partial charge < -0.3 is 5.11 Å². The van der Waals surface area contributed by atoms with Gasteiger partial charge in [-0.15, -0.1) is 0 Å². The molecule has 1 aromatic heterocycles. The van der Waals surface area contributed by atoms with Gasteiger partial charge in [-0.05, 0) is 25.8 Å². The molecule has 0 aliphatic rings. The Bertz CT molecular complexity index is 333. The highest BCUT2D eigenvalue weighted by molar-refractivity contribution is 5.13. The highest BCUT2D eigenvalue weighted by Gasteiger charge is 2.14. The highest BCUT2D eigenvalue weighted by Crippen LogP contribution is 2.21. The first-order valence-corrected chi connectivity index (χ1v) is 7.47. The molecule has 0 amide bonds. The van der Waals surface area contributed by atoms with Gasteiger partial charge in [0.1, 0.15) is 0 Å². The number of rotatable bonds is 9. The Hall–Kier alpha value is -0.830. The summed E-state index contributed by atoms with van der Waals surface area (Å²) in [5, 5.41) is 14.7. The molecule has 3 heteroatoms. The Morgan fingerprint density at radius 3 is 2.50 bits per heavy atom. The van der Waals surface area contributed by atoms with Crippen LogP contribution in [0.15, 0.2) is 6.07 Å². The molecular weight excluding hydrogens is 224 g/mol. The summed E-state index contributed by atoms with van der Waals surface area (Å²) in [5.74, 6) is 0. The standard InChI is InChI=1S/C15H28N2O/c1-4-7-8-9-10-11-15(18)14-12-13(5-2)16-17(14)6-3/h12,15,18H,4-11H2,1-3H3. The first kappa shape index (κ1) is 15.2. The molecule has 1 N–H and O–H groups in total. The summed E-state index contributed by atoms with van der Waals surface area (Å²) in [6.07, 6.45) is 7.65. The number of aryl methyl sites for hydroxylation is 2. The number of aliphatic hydroxyl groups excluding tert-OH is 1. The molecule has 0 saturated heterocycles. The van der Waals surface area contributed by atoms with Crippen LogP contribution in [0.5, 0.6) is 0 Å². The molecule has 0 fully saturated rings. The van der Waals surface area contributed by atoms with Crippen LogP contribution >= 0.6 is 0 Å². The van der Waals surface area contributed by atoms with Crippen LogP contribution in [0, 0.1) is 0 Å². The van der Waals surface area contributed by atoms with E-state index in [1.807, 2.05) is 4.68 Å². The number of hydrogen-bond donors (Lipinski definition) is 1. The van der Waals surface area contributed by atoms with Crippen molar-refractivity contribution in [2.45, 2.75) is 78.4 Å². The van der Waals surface area contributed by atoms with E-state index in [-0.39, 0.29) is 6.10 Å². The van der Waals surface area contributed by atoms with Gasteiger partial charge in [0.15, 0.2) is 0 Å². The van der Waals surface area contributed by atoms with Crippen LogP contribution in [-0.2, 0) is 13.0 Å². The van der Waals surface area contributed by atoms with Gasteiger partial charge in [-0.2, -0.15) is 5.10 Å². The molecule has 0 aromatic carbocycles. The molecule has 18 heavy (non-hydrogen) atoms. The third kappa shape index (κ3) is 4.45. The Balaban J connectivity index is 2.44. The predicted molar refractivity (Wildman–Crippen MR) is 75.6 cm³/mol. The molecule has 0 radical (unpaired) electrons. The third-order valence-electron chi connectivity index (χ3n) is 3.45. The van der Waals surface area contributed by atoms with Gasteiger partial charge in [-0.25, -0.2) is 0 Å². The monoisotopic (exact) mass is 252 g/mol. The number of hydrogen-bond acceptors (Lipinski definition) is 2. The van der Waals surface area contributed by atoms with Crippen molar-refractivity contribution in [1.29, 1.82) is 0 Å². The van der Waals surface area contributed by atoms with E-state index >= 15 is 0 Å². The van der Waals surface area contributed by atoms with Crippen LogP contribution < -0.4 is 0 Å². The number of aliphatic hydroxyl groups is 1. The van der Waals surface area contributed by atoms with Crippen molar-refractivity contribution in [2.75, 3.05) is 0 Å². The normalized spacial score (nSPS) is 12.9. The van der Waals surface area contributed by atoms with Crippen LogP contribution in [0.25, 0.3) is 0 Å². The molecule has 1 atom stereocenters.